The van der Waals surface area contributed by atoms with Crippen LogP contribution < -0.4 is 0 Å². The molecule has 0 amide bonds. The van der Waals surface area contributed by atoms with E-state index in [0.717, 1.165) is 29.2 Å². The highest BCUT2D eigenvalue weighted by Crippen LogP contribution is 2.21. The second kappa shape index (κ2) is 4.72. The van der Waals surface area contributed by atoms with Crippen molar-refractivity contribution in [3.8, 4) is 11.4 Å². The first kappa shape index (κ1) is 11.9. The molecule has 0 unspecified atom stereocenters. The van der Waals surface area contributed by atoms with E-state index in [-0.39, 0.29) is 6.61 Å². The monoisotopic (exact) mass is 230 g/mol. The minimum Gasteiger partial charge on any atom is -0.390 e. The fourth-order valence-corrected chi connectivity index (χ4v) is 2.04. The zero-order valence-corrected chi connectivity index (χ0v) is 10.6. The molecule has 0 spiro atoms. The Bertz CT molecular complexity index is 512. The van der Waals surface area contributed by atoms with Crippen molar-refractivity contribution >= 4 is 0 Å². The normalized spacial score (nSPS) is 10.8. The molecule has 0 saturated heterocycles. The van der Waals surface area contributed by atoms with Gasteiger partial charge in [-0.05, 0) is 18.9 Å². The molecule has 0 aliphatic carbocycles. The lowest BCUT2D eigenvalue weighted by atomic mass is 10.1. The van der Waals surface area contributed by atoms with Gasteiger partial charge >= 0.3 is 0 Å². The number of hydrogen-bond donors (Lipinski definition) is 1. The Morgan fingerprint density at radius 1 is 1.24 bits per heavy atom. The SMILES string of the molecule is CCc1ccc(-c2nc(C)c(CO)n2C)cc1. The van der Waals surface area contributed by atoms with Gasteiger partial charge in [0.05, 0.1) is 18.0 Å². The van der Waals surface area contributed by atoms with Crippen LogP contribution in [0.15, 0.2) is 24.3 Å². The molecule has 1 aromatic carbocycles. The van der Waals surface area contributed by atoms with Crippen LogP contribution in [0.25, 0.3) is 11.4 Å². The summed E-state index contributed by atoms with van der Waals surface area (Å²) in [6.07, 6.45) is 1.04. The highest BCUT2D eigenvalue weighted by molar-refractivity contribution is 5.57. The zero-order valence-electron chi connectivity index (χ0n) is 10.6. The van der Waals surface area contributed by atoms with Gasteiger partial charge in [0.2, 0.25) is 0 Å². The van der Waals surface area contributed by atoms with Crippen LogP contribution in [0.2, 0.25) is 0 Å². The quantitative estimate of drug-likeness (QED) is 0.879. The maximum atomic E-state index is 9.28. The number of rotatable bonds is 3. The Hall–Kier alpha value is -1.61. The highest BCUT2D eigenvalue weighted by Gasteiger charge is 2.11. The molecular weight excluding hydrogens is 212 g/mol. The second-order valence-electron chi connectivity index (χ2n) is 4.24. The third-order valence-corrected chi connectivity index (χ3v) is 3.18. The van der Waals surface area contributed by atoms with Crippen LogP contribution in [-0.4, -0.2) is 14.7 Å². The van der Waals surface area contributed by atoms with Crippen molar-refractivity contribution in [2.45, 2.75) is 26.9 Å². The maximum Gasteiger partial charge on any atom is 0.140 e. The summed E-state index contributed by atoms with van der Waals surface area (Å²) in [6, 6.07) is 8.42. The van der Waals surface area contributed by atoms with E-state index in [2.05, 4.69) is 36.2 Å². The molecule has 2 rings (SSSR count). The van der Waals surface area contributed by atoms with Crippen LogP contribution in [0.3, 0.4) is 0 Å². The molecule has 1 heterocycles. The summed E-state index contributed by atoms with van der Waals surface area (Å²) in [5.41, 5.74) is 4.18. The topological polar surface area (TPSA) is 38.1 Å². The van der Waals surface area contributed by atoms with Gasteiger partial charge in [-0.1, -0.05) is 31.2 Å². The van der Waals surface area contributed by atoms with E-state index in [1.54, 1.807) is 0 Å². The Balaban J connectivity index is 2.45. The fraction of sp³-hybridized carbons (Fsp3) is 0.357. The summed E-state index contributed by atoms with van der Waals surface area (Å²) >= 11 is 0. The third kappa shape index (κ3) is 2.11. The van der Waals surface area contributed by atoms with Gasteiger partial charge in [-0.25, -0.2) is 4.98 Å². The number of aliphatic hydroxyl groups excluding tert-OH is 1. The molecule has 1 N–H and O–H groups in total. The lowest BCUT2D eigenvalue weighted by molar-refractivity contribution is 0.272. The van der Waals surface area contributed by atoms with Crippen molar-refractivity contribution in [3.63, 3.8) is 0 Å². The van der Waals surface area contributed by atoms with Gasteiger partial charge in [0.15, 0.2) is 0 Å². The van der Waals surface area contributed by atoms with Crippen molar-refractivity contribution in [2.75, 3.05) is 0 Å². The number of benzene rings is 1. The predicted octanol–water partition coefficient (Wildman–Crippen LogP) is 2.45. The summed E-state index contributed by atoms with van der Waals surface area (Å²) in [5.74, 6) is 0.911. The first-order valence-corrected chi connectivity index (χ1v) is 5.89. The van der Waals surface area contributed by atoms with Gasteiger partial charge in [0.1, 0.15) is 5.82 Å². The summed E-state index contributed by atoms with van der Waals surface area (Å²) in [4.78, 5) is 4.51. The molecule has 0 saturated carbocycles. The Morgan fingerprint density at radius 2 is 1.88 bits per heavy atom. The average molecular weight is 230 g/mol. The minimum atomic E-state index is 0.0301. The van der Waals surface area contributed by atoms with Crippen LogP contribution in [-0.2, 0) is 20.1 Å². The van der Waals surface area contributed by atoms with E-state index in [1.807, 2.05) is 18.5 Å². The van der Waals surface area contributed by atoms with Crippen molar-refractivity contribution in [3.05, 3.63) is 41.2 Å². The van der Waals surface area contributed by atoms with Crippen LogP contribution >= 0.6 is 0 Å². The molecule has 2 aromatic rings. The number of aromatic nitrogens is 2. The molecule has 0 fully saturated rings. The first-order valence-electron chi connectivity index (χ1n) is 5.89. The average Bonchev–Trinajstić information content (AvgIpc) is 2.64. The molecule has 17 heavy (non-hydrogen) atoms. The van der Waals surface area contributed by atoms with E-state index in [9.17, 15) is 5.11 Å². The van der Waals surface area contributed by atoms with Gasteiger partial charge < -0.3 is 9.67 Å². The van der Waals surface area contributed by atoms with Crippen molar-refractivity contribution < 1.29 is 5.11 Å². The maximum absolute atomic E-state index is 9.28. The smallest absolute Gasteiger partial charge is 0.140 e. The minimum absolute atomic E-state index is 0.0301. The highest BCUT2D eigenvalue weighted by atomic mass is 16.3. The molecule has 0 aliphatic rings. The molecule has 1 aromatic heterocycles. The largest absolute Gasteiger partial charge is 0.390 e. The van der Waals surface area contributed by atoms with E-state index >= 15 is 0 Å². The Morgan fingerprint density at radius 3 is 2.35 bits per heavy atom. The van der Waals surface area contributed by atoms with Crippen LogP contribution in [0.5, 0.6) is 0 Å². The van der Waals surface area contributed by atoms with Gasteiger partial charge in [-0.2, -0.15) is 0 Å². The second-order valence-corrected chi connectivity index (χ2v) is 4.24. The first-order chi connectivity index (χ1) is 8.17. The standard InChI is InChI=1S/C14H18N2O/c1-4-11-5-7-12(8-6-11)14-15-10(2)13(9-17)16(14)3/h5-8,17H,4,9H2,1-3H3. The molecule has 0 atom stereocenters. The van der Waals surface area contributed by atoms with Gasteiger partial charge in [-0.15, -0.1) is 0 Å². The van der Waals surface area contributed by atoms with E-state index < -0.39 is 0 Å². The van der Waals surface area contributed by atoms with E-state index in [0.29, 0.717) is 0 Å². The van der Waals surface area contributed by atoms with E-state index in [1.165, 1.54) is 5.56 Å². The molecule has 3 heteroatoms. The lowest BCUT2D eigenvalue weighted by Crippen LogP contribution is -1.99. The lowest BCUT2D eigenvalue weighted by Gasteiger charge is -2.05. The summed E-state index contributed by atoms with van der Waals surface area (Å²) in [5, 5.41) is 9.28. The Kier molecular flexibility index (Phi) is 3.29. The molecule has 3 nitrogen and oxygen atoms in total. The van der Waals surface area contributed by atoms with Crippen molar-refractivity contribution in [1.82, 2.24) is 9.55 Å². The van der Waals surface area contributed by atoms with Gasteiger partial charge in [-0.3, -0.25) is 0 Å². The van der Waals surface area contributed by atoms with Gasteiger partial charge in [0.25, 0.3) is 0 Å². The number of aliphatic hydroxyl groups is 1. The number of aryl methyl sites for hydroxylation is 2. The van der Waals surface area contributed by atoms with Crippen LogP contribution in [0.4, 0.5) is 0 Å². The fourth-order valence-electron chi connectivity index (χ4n) is 2.04. The molecule has 0 aliphatic heterocycles. The van der Waals surface area contributed by atoms with Crippen molar-refractivity contribution in [2.24, 2.45) is 7.05 Å². The van der Waals surface area contributed by atoms with Crippen molar-refractivity contribution in [1.29, 1.82) is 0 Å². The predicted molar refractivity (Wildman–Crippen MR) is 68.7 cm³/mol. The zero-order chi connectivity index (χ0) is 12.4. The number of nitrogens with zero attached hydrogens (tertiary/aromatic N) is 2. The summed E-state index contributed by atoms with van der Waals surface area (Å²) < 4.78 is 1.95. The Labute approximate surface area is 102 Å². The molecule has 90 valence electrons. The van der Waals surface area contributed by atoms with Crippen LogP contribution in [0, 0.1) is 6.92 Å². The van der Waals surface area contributed by atoms with E-state index in [4.69, 9.17) is 0 Å². The number of imidazole rings is 1. The number of hydrogen-bond acceptors (Lipinski definition) is 2. The summed E-state index contributed by atoms with van der Waals surface area (Å²) in [6.45, 7) is 4.10. The van der Waals surface area contributed by atoms with Crippen LogP contribution in [0.1, 0.15) is 23.9 Å². The summed E-state index contributed by atoms with van der Waals surface area (Å²) in [7, 11) is 1.94. The molecular formula is C14H18N2O. The van der Waals surface area contributed by atoms with Gasteiger partial charge in [0, 0.05) is 12.6 Å². The third-order valence-electron chi connectivity index (χ3n) is 3.18. The molecule has 0 radical (unpaired) electrons. The molecule has 0 bridgehead atoms.